The lowest BCUT2D eigenvalue weighted by Gasteiger charge is -2.09. The first kappa shape index (κ1) is 16.2. The second-order valence-electron chi connectivity index (χ2n) is 3.94. The molecular formula is C12H25ClO3. The molecule has 0 radical (unpaired) electrons. The number of ether oxygens (including phenoxy) is 3. The van der Waals surface area contributed by atoms with Crippen molar-refractivity contribution in [2.45, 2.75) is 26.2 Å². The number of methoxy groups -OCH3 is 1. The second kappa shape index (κ2) is 13.2. The largest absolute Gasteiger partial charge is 0.382 e. The molecule has 0 aliphatic carbocycles. The van der Waals surface area contributed by atoms with Crippen molar-refractivity contribution in [3.05, 3.63) is 0 Å². The van der Waals surface area contributed by atoms with Crippen LogP contribution < -0.4 is 0 Å². The monoisotopic (exact) mass is 252 g/mol. The minimum atomic E-state index is 0.662. The molecule has 0 aromatic carbocycles. The molecule has 0 N–H and O–H groups in total. The Balaban J connectivity index is 2.98. The molecule has 16 heavy (non-hydrogen) atoms. The van der Waals surface area contributed by atoms with Gasteiger partial charge in [0.05, 0.1) is 13.2 Å². The fourth-order valence-electron chi connectivity index (χ4n) is 1.22. The van der Waals surface area contributed by atoms with Gasteiger partial charge >= 0.3 is 0 Å². The van der Waals surface area contributed by atoms with E-state index in [1.807, 2.05) is 0 Å². The van der Waals surface area contributed by atoms with Crippen LogP contribution in [0.5, 0.6) is 0 Å². The van der Waals surface area contributed by atoms with Gasteiger partial charge in [0, 0.05) is 32.8 Å². The van der Waals surface area contributed by atoms with Crippen LogP contribution in [0, 0.1) is 5.92 Å². The first-order valence-corrected chi connectivity index (χ1v) is 6.55. The van der Waals surface area contributed by atoms with E-state index in [2.05, 4.69) is 6.92 Å². The Morgan fingerprint density at radius 2 is 1.62 bits per heavy atom. The zero-order valence-electron chi connectivity index (χ0n) is 10.5. The van der Waals surface area contributed by atoms with E-state index >= 15 is 0 Å². The van der Waals surface area contributed by atoms with Crippen molar-refractivity contribution in [2.75, 3.05) is 46.0 Å². The van der Waals surface area contributed by atoms with Crippen LogP contribution in [0.15, 0.2) is 0 Å². The average Bonchev–Trinajstić information content (AvgIpc) is 2.27. The number of hydrogen-bond acceptors (Lipinski definition) is 3. The Morgan fingerprint density at radius 1 is 0.938 bits per heavy atom. The summed E-state index contributed by atoms with van der Waals surface area (Å²) < 4.78 is 15.7. The summed E-state index contributed by atoms with van der Waals surface area (Å²) in [7, 11) is 1.68. The van der Waals surface area contributed by atoms with E-state index in [4.69, 9.17) is 25.8 Å². The lowest BCUT2D eigenvalue weighted by atomic mass is 10.1. The Hall–Kier alpha value is 0.170. The average molecular weight is 253 g/mol. The maximum absolute atomic E-state index is 5.65. The Morgan fingerprint density at radius 3 is 2.25 bits per heavy atom. The summed E-state index contributed by atoms with van der Waals surface area (Å²) in [6, 6.07) is 0. The summed E-state index contributed by atoms with van der Waals surface area (Å²) in [5.41, 5.74) is 0. The molecule has 0 aromatic heterocycles. The van der Waals surface area contributed by atoms with E-state index in [1.54, 1.807) is 7.11 Å². The molecular weight excluding hydrogens is 228 g/mol. The van der Waals surface area contributed by atoms with Crippen LogP contribution in [0.1, 0.15) is 26.2 Å². The molecule has 0 saturated carbocycles. The molecule has 0 rings (SSSR count). The van der Waals surface area contributed by atoms with Gasteiger partial charge < -0.3 is 14.2 Å². The maximum Gasteiger partial charge on any atom is 0.0700 e. The van der Waals surface area contributed by atoms with Crippen LogP contribution in [0.4, 0.5) is 0 Å². The van der Waals surface area contributed by atoms with Crippen molar-refractivity contribution in [2.24, 2.45) is 5.92 Å². The van der Waals surface area contributed by atoms with Crippen LogP contribution in [0.25, 0.3) is 0 Å². The molecule has 0 bridgehead atoms. The standard InChI is InChI=1S/C12H25ClO3/c1-12(4-6-13)5-9-15-7-3-8-16-11-10-14-2/h12H,3-11H2,1-2H3. The molecule has 0 saturated heterocycles. The molecule has 0 aliphatic rings. The minimum absolute atomic E-state index is 0.662. The van der Waals surface area contributed by atoms with E-state index in [-0.39, 0.29) is 0 Å². The molecule has 1 atom stereocenters. The highest BCUT2D eigenvalue weighted by Crippen LogP contribution is 2.08. The smallest absolute Gasteiger partial charge is 0.0700 e. The summed E-state index contributed by atoms with van der Waals surface area (Å²) in [5, 5.41) is 0. The number of halogens is 1. The summed E-state index contributed by atoms with van der Waals surface area (Å²) >= 11 is 5.65. The Labute approximate surface area is 104 Å². The highest BCUT2D eigenvalue weighted by Gasteiger charge is 2.00. The summed E-state index contributed by atoms with van der Waals surface area (Å²) in [5.74, 6) is 1.41. The third kappa shape index (κ3) is 12.2. The predicted octanol–water partition coefficient (Wildman–Crippen LogP) is 2.71. The summed E-state index contributed by atoms with van der Waals surface area (Å²) in [4.78, 5) is 0. The fraction of sp³-hybridized carbons (Fsp3) is 1.00. The van der Waals surface area contributed by atoms with E-state index < -0.39 is 0 Å². The van der Waals surface area contributed by atoms with Gasteiger partial charge in [-0.05, 0) is 25.2 Å². The first-order valence-electron chi connectivity index (χ1n) is 6.01. The topological polar surface area (TPSA) is 27.7 Å². The third-order valence-electron chi connectivity index (χ3n) is 2.37. The van der Waals surface area contributed by atoms with Crippen LogP contribution in [0.2, 0.25) is 0 Å². The van der Waals surface area contributed by atoms with Gasteiger partial charge in [0.15, 0.2) is 0 Å². The highest BCUT2D eigenvalue weighted by molar-refractivity contribution is 6.17. The van der Waals surface area contributed by atoms with Gasteiger partial charge in [0.25, 0.3) is 0 Å². The van der Waals surface area contributed by atoms with Crippen molar-refractivity contribution >= 4 is 11.6 Å². The maximum atomic E-state index is 5.65. The van der Waals surface area contributed by atoms with Gasteiger partial charge in [-0.25, -0.2) is 0 Å². The van der Waals surface area contributed by atoms with Crippen LogP contribution in [0.3, 0.4) is 0 Å². The normalized spacial score (nSPS) is 12.9. The first-order chi connectivity index (χ1) is 7.81. The minimum Gasteiger partial charge on any atom is -0.382 e. The molecule has 0 spiro atoms. The number of hydrogen-bond donors (Lipinski definition) is 0. The third-order valence-corrected chi connectivity index (χ3v) is 2.58. The number of rotatable bonds is 12. The Kier molecular flexibility index (Phi) is 13.4. The number of alkyl halides is 1. The van der Waals surface area contributed by atoms with Crippen molar-refractivity contribution in [3.8, 4) is 0 Å². The summed E-state index contributed by atoms with van der Waals surface area (Å²) in [6.07, 6.45) is 3.12. The van der Waals surface area contributed by atoms with Gasteiger partial charge in [0.2, 0.25) is 0 Å². The zero-order valence-corrected chi connectivity index (χ0v) is 11.3. The Bertz CT molecular complexity index is 133. The molecule has 0 aliphatic heterocycles. The van der Waals surface area contributed by atoms with Crippen molar-refractivity contribution in [1.82, 2.24) is 0 Å². The van der Waals surface area contributed by atoms with Gasteiger partial charge in [-0.3, -0.25) is 0 Å². The van der Waals surface area contributed by atoms with Crippen molar-refractivity contribution < 1.29 is 14.2 Å². The molecule has 4 heteroatoms. The SMILES string of the molecule is COCCOCCCOCCC(C)CCCl. The fourth-order valence-corrected chi connectivity index (χ4v) is 1.60. The second-order valence-corrected chi connectivity index (χ2v) is 4.32. The summed E-state index contributed by atoms with van der Waals surface area (Å²) in [6.45, 7) is 5.90. The molecule has 3 nitrogen and oxygen atoms in total. The van der Waals surface area contributed by atoms with Crippen LogP contribution in [-0.4, -0.2) is 46.0 Å². The quantitative estimate of drug-likeness (QED) is 0.395. The molecule has 0 heterocycles. The van der Waals surface area contributed by atoms with Gasteiger partial charge in [0.1, 0.15) is 0 Å². The van der Waals surface area contributed by atoms with Gasteiger partial charge in [-0.15, -0.1) is 11.6 Å². The zero-order chi connectivity index (χ0) is 12.1. The van der Waals surface area contributed by atoms with E-state index in [9.17, 15) is 0 Å². The van der Waals surface area contributed by atoms with Gasteiger partial charge in [-0.2, -0.15) is 0 Å². The molecule has 0 fully saturated rings. The highest BCUT2D eigenvalue weighted by atomic mass is 35.5. The molecule has 0 aromatic rings. The van der Waals surface area contributed by atoms with Crippen LogP contribution >= 0.6 is 11.6 Å². The van der Waals surface area contributed by atoms with Crippen LogP contribution in [-0.2, 0) is 14.2 Å². The van der Waals surface area contributed by atoms with E-state index in [1.165, 1.54) is 0 Å². The van der Waals surface area contributed by atoms with E-state index in [0.29, 0.717) is 19.1 Å². The predicted molar refractivity (Wildman–Crippen MR) is 67.2 cm³/mol. The lowest BCUT2D eigenvalue weighted by molar-refractivity contribution is 0.0495. The van der Waals surface area contributed by atoms with E-state index in [0.717, 1.165) is 45.0 Å². The molecule has 98 valence electrons. The molecule has 1 unspecified atom stereocenters. The molecule has 0 amide bonds. The van der Waals surface area contributed by atoms with Crippen molar-refractivity contribution in [3.63, 3.8) is 0 Å². The van der Waals surface area contributed by atoms with Gasteiger partial charge in [-0.1, -0.05) is 6.92 Å². The van der Waals surface area contributed by atoms with Crippen molar-refractivity contribution in [1.29, 1.82) is 0 Å². The lowest BCUT2D eigenvalue weighted by Crippen LogP contribution is -2.07.